The van der Waals surface area contributed by atoms with Gasteiger partial charge < -0.3 is 5.32 Å². The van der Waals surface area contributed by atoms with Crippen molar-refractivity contribution in [3.8, 4) is 0 Å². The first-order valence-electron chi connectivity index (χ1n) is 4.10. The van der Waals surface area contributed by atoms with Crippen LogP contribution in [0.1, 0.15) is 11.1 Å². The van der Waals surface area contributed by atoms with Gasteiger partial charge in [-0.2, -0.15) is 13.2 Å². The first kappa shape index (κ1) is 11.6. The largest absolute Gasteiger partial charge is 0.417 e. The van der Waals surface area contributed by atoms with Crippen molar-refractivity contribution >= 4 is 5.70 Å². The lowest BCUT2D eigenvalue weighted by Crippen LogP contribution is -2.13. The Bertz CT molecular complexity index is 381. The molecule has 1 aromatic carbocycles. The molecule has 0 aliphatic carbocycles. The van der Waals surface area contributed by atoms with Gasteiger partial charge in [0.1, 0.15) is 5.82 Å². The smallest absolute Gasteiger partial charge is 0.388 e. The number of nitrogens with one attached hydrogen (secondary N) is 1. The van der Waals surface area contributed by atoms with E-state index in [4.69, 9.17) is 0 Å². The monoisotopic (exact) mass is 219 g/mol. The summed E-state index contributed by atoms with van der Waals surface area (Å²) in [4.78, 5) is 0. The third kappa shape index (κ3) is 2.49. The summed E-state index contributed by atoms with van der Waals surface area (Å²) in [6, 6.07) is 2.47. The van der Waals surface area contributed by atoms with Crippen LogP contribution in [-0.2, 0) is 6.18 Å². The van der Waals surface area contributed by atoms with Crippen LogP contribution in [0.15, 0.2) is 24.8 Å². The Morgan fingerprint density at radius 2 is 1.93 bits per heavy atom. The lowest BCUT2D eigenvalue weighted by molar-refractivity contribution is -0.138. The van der Waals surface area contributed by atoms with Crippen LogP contribution in [0.4, 0.5) is 17.6 Å². The van der Waals surface area contributed by atoms with Gasteiger partial charge in [0, 0.05) is 18.3 Å². The third-order valence-corrected chi connectivity index (χ3v) is 1.91. The van der Waals surface area contributed by atoms with Crippen molar-refractivity contribution in [3.63, 3.8) is 0 Å². The Balaban J connectivity index is 3.33. The van der Waals surface area contributed by atoms with Crippen LogP contribution >= 0.6 is 0 Å². The highest BCUT2D eigenvalue weighted by atomic mass is 19.4. The number of benzene rings is 1. The van der Waals surface area contributed by atoms with Crippen molar-refractivity contribution in [1.82, 2.24) is 5.32 Å². The van der Waals surface area contributed by atoms with Crippen LogP contribution in [0, 0.1) is 5.82 Å². The van der Waals surface area contributed by atoms with Gasteiger partial charge >= 0.3 is 6.18 Å². The molecule has 1 N–H and O–H groups in total. The van der Waals surface area contributed by atoms with Gasteiger partial charge in [0.15, 0.2) is 0 Å². The van der Waals surface area contributed by atoms with Gasteiger partial charge in [-0.25, -0.2) is 4.39 Å². The summed E-state index contributed by atoms with van der Waals surface area (Å²) in [5, 5.41) is 2.50. The highest BCUT2D eigenvalue weighted by molar-refractivity contribution is 5.65. The summed E-state index contributed by atoms with van der Waals surface area (Å²) in [5.41, 5.74) is -1.07. The Kier molecular flexibility index (Phi) is 3.02. The van der Waals surface area contributed by atoms with Crippen LogP contribution in [0.2, 0.25) is 0 Å². The van der Waals surface area contributed by atoms with Crippen LogP contribution in [0.5, 0.6) is 0 Å². The molecular formula is C10H9F4N. The number of halogens is 4. The molecule has 5 heteroatoms. The van der Waals surface area contributed by atoms with E-state index in [9.17, 15) is 17.6 Å². The predicted octanol–water partition coefficient (Wildman–Crippen LogP) is 3.03. The molecule has 1 aromatic rings. The molecule has 0 unspecified atom stereocenters. The molecule has 0 atom stereocenters. The van der Waals surface area contributed by atoms with Gasteiger partial charge in [0.05, 0.1) is 5.56 Å². The standard InChI is InChI=1S/C10H9F4N/c1-6(15-2)8-4-3-7(11)5-9(8)10(12,13)14/h3-5,15H,1H2,2H3. The Hall–Kier alpha value is -1.52. The van der Waals surface area contributed by atoms with Crippen LogP contribution < -0.4 is 5.32 Å². The summed E-state index contributed by atoms with van der Waals surface area (Å²) < 4.78 is 50.2. The van der Waals surface area contributed by atoms with Crippen LogP contribution in [0.3, 0.4) is 0 Å². The molecule has 15 heavy (non-hydrogen) atoms. The van der Waals surface area contributed by atoms with Crippen LogP contribution in [-0.4, -0.2) is 7.05 Å². The van der Waals surface area contributed by atoms with E-state index in [-0.39, 0.29) is 11.3 Å². The first-order valence-corrected chi connectivity index (χ1v) is 4.10. The summed E-state index contributed by atoms with van der Waals surface area (Å²) in [6.07, 6.45) is -4.59. The van der Waals surface area contributed by atoms with Gasteiger partial charge in [0.25, 0.3) is 0 Å². The minimum atomic E-state index is -4.59. The number of hydrogen-bond acceptors (Lipinski definition) is 1. The highest BCUT2D eigenvalue weighted by Gasteiger charge is 2.34. The maximum Gasteiger partial charge on any atom is 0.417 e. The molecule has 0 heterocycles. The van der Waals surface area contributed by atoms with E-state index in [1.54, 1.807) is 0 Å². The predicted molar refractivity (Wildman–Crippen MR) is 49.5 cm³/mol. The second-order valence-electron chi connectivity index (χ2n) is 2.92. The maximum absolute atomic E-state index is 12.7. The molecule has 0 aliphatic rings. The van der Waals surface area contributed by atoms with E-state index in [2.05, 4.69) is 11.9 Å². The average Bonchev–Trinajstić information content (AvgIpc) is 2.15. The van der Waals surface area contributed by atoms with Crippen molar-refractivity contribution in [3.05, 3.63) is 41.7 Å². The number of rotatable bonds is 2. The molecule has 0 saturated carbocycles. The topological polar surface area (TPSA) is 12.0 Å². The van der Waals surface area contributed by atoms with E-state index in [0.29, 0.717) is 6.07 Å². The van der Waals surface area contributed by atoms with E-state index in [1.807, 2.05) is 0 Å². The summed E-state index contributed by atoms with van der Waals surface area (Å²) in [5.74, 6) is -0.921. The number of alkyl halides is 3. The lowest BCUT2D eigenvalue weighted by Gasteiger charge is -2.14. The van der Waals surface area contributed by atoms with Crippen molar-refractivity contribution in [2.45, 2.75) is 6.18 Å². The Labute approximate surface area is 84.4 Å². The number of hydrogen-bond donors (Lipinski definition) is 1. The van der Waals surface area contributed by atoms with Gasteiger partial charge in [-0.3, -0.25) is 0 Å². The summed E-state index contributed by atoms with van der Waals surface area (Å²) >= 11 is 0. The van der Waals surface area contributed by atoms with Gasteiger partial charge in [0.2, 0.25) is 0 Å². The second-order valence-corrected chi connectivity index (χ2v) is 2.92. The maximum atomic E-state index is 12.7. The zero-order valence-corrected chi connectivity index (χ0v) is 7.95. The lowest BCUT2D eigenvalue weighted by atomic mass is 10.0. The molecular weight excluding hydrogens is 210 g/mol. The van der Waals surface area contributed by atoms with Gasteiger partial charge in [-0.1, -0.05) is 6.58 Å². The Morgan fingerprint density at radius 1 is 1.33 bits per heavy atom. The molecule has 1 nitrogen and oxygen atoms in total. The fourth-order valence-corrected chi connectivity index (χ4v) is 1.15. The second kappa shape index (κ2) is 3.92. The molecule has 0 amide bonds. The summed E-state index contributed by atoms with van der Waals surface area (Å²) in [6.45, 7) is 3.41. The molecule has 82 valence electrons. The van der Waals surface area contributed by atoms with Gasteiger partial charge in [-0.05, 0) is 18.2 Å². The molecule has 1 rings (SSSR count). The normalized spacial score (nSPS) is 11.3. The van der Waals surface area contributed by atoms with Crippen LogP contribution in [0.25, 0.3) is 5.70 Å². The minimum Gasteiger partial charge on any atom is -0.388 e. The minimum absolute atomic E-state index is 0.0994. The zero-order valence-electron chi connectivity index (χ0n) is 7.95. The van der Waals surface area contributed by atoms with Crippen molar-refractivity contribution in [2.75, 3.05) is 7.05 Å². The molecule has 0 saturated heterocycles. The fourth-order valence-electron chi connectivity index (χ4n) is 1.15. The molecule has 0 radical (unpaired) electrons. The Morgan fingerprint density at radius 3 is 2.40 bits per heavy atom. The average molecular weight is 219 g/mol. The van der Waals surface area contributed by atoms with E-state index < -0.39 is 17.6 Å². The molecule has 0 spiro atoms. The highest BCUT2D eigenvalue weighted by Crippen LogP contribution is 2.34. The van der Waals surface area contributed by atoms with Crippen molar-refractivity contribution in [1.29, 1.82) is 0 Å². The van der Waals surface area contributed by atoms with E-state index in [1.165, 1.54) is 7.05 Å². The van der Waals surface area contributed by atoms with E-state index >= 15 is 0 Å². The van der Waals surface area contributed by atoms with Crippen molar-refractivity contribution < 1.29 is 17.6 Å². The first-order chi connectivity index (χ1) is 6.86. The third-order valence-electron chi connectivity index (χ3n) is 1.91. The SMILES string of the molecule is C=C(NC)c1ccc(F)cc1C(F)(F)F. The summed E-state index contributed by atoms with van der Waals surface area (Å²) in [7, 11) is 1.45. The quantitative estimate of drug-likeness (QED) is 0.754. The van der Waals surface area contributed by atoms with Crippen molar-refractivity contribution in [2.24, 2.45) is 0 Å². The molecule has 0 aromatic heterocycles. The molecule has 0 fully saturated rings. The molecule has 0 aliphatic heterocycles. The van der Waals surface area contributed by atoms with E-state index in [0.717, 1.165) is 12.1 Å². The zero-order chi connectivity index (χ0) is 11.6. The fraction of sp³-hybridized carbons (Fsp3) is 0.200. The molecule has 0 bridgehead atoms. The van der Waals surface area contributed by atoms with Gasteiger partial charge in [-0.15, -0.1) is 0 Å².